The van der Waals surface area contributed by atoms with Gasteiger partial charge in [0.25, 0.3) is 0 Å². The third kappa shape index (κ3) is 2.27. The highest BCUT2D eigenvalue weighted by atomic mass is 35.5. The molecule has 1 aliphatic heterocycles. The second-order valence-electron chi connectivity index (χ2n) is 5.95. The number of fused-ring (bicyclic) bond motifs is 3. The summed E-state index contributed by atoms with van der Waals surface area (Å²) in [6, 6.07) is 2.52. The van der Waals surface area contributed by atoms with E-state index in [2.05, 4.69) is 4.98 Å². The number of rotatable bonds is 2. The number of carbonyl (C=O) groups excluding carboxylic acids is 2. The zero-order valence-electron chi connectivity index (χ0n) is 12.7. The number of aromatic nitrogens is 2. The zero-order valence-corrected chi connectivity index (χ0v) is 14.2. The Bertz CT molecular complexity index is 918. The lowest BCUT2D eigenvalue weighted by Crippen LogP contribution is -2.17. The summed E-state index contributed by atoms with van der Waals surface area (Å²) in [5.41, 5.74) is 1.80. The van der Waals surface area contributed by atoms with Crippen LogP contribution in [-0.2, 0) is 28.0 Å². The fraction of sp³-hybridized carbons (Fsp3) is 0.375. The van der Waals surface area contributed by atoms with Gasteiger partial charge in [0.15, 0.2) is 4.77 Å². The Labute approximate surface area is 146 Å². The van der Waals surface area contributed by atoms with E-state index in [0.29, 0.717) is 11.3 Å². The SMILES string of the molecule is CCc1[nH]c(=S)n2c1[C@@H]1C[C@]1(c1c(F)ccc(Cl)c1F)C2.O=C=O. The number of aryl methyl sites for hydroxylation is 1. The van der Waals surface area contributed by atoms with Crippen LogP contribution >= 0.6 is 23.8 Å². The van der Waals surface area contributed by atoms with Crippen molar-refractivity contribution in [2.45, 2.75) is 37.6 Å². The highest BCUT2D eigenvalue weighted by Gasteiger charge is 2.64. The topological polar surface area (TPSA) is 54.9 Å². The molecule has 0 bridgehead atoms. The average Bonchev–Trinajstić information content (AvgIpc) is 3.01. The number of aromatic amines is 1. The molecule has 1 aromatic heterocycles. The molecule has 24 heavy (non-hydrogen) atoms. The van der Waals surface area contributed by atoms with Gasteiger partial charge in [0.2, 0.25) is 0 Å². The Morgan fingerprint density at radius 3 is 2.75 bits per heavy atom. The first-order valence-electron chi connectivity index (χ1n) is 7.36. The highest BCUT2D eigenvalue weighted by molar-refractivity contribution is 7.71. The molecule has 1 saturated carbocycles. The van der Waals surface area contributed by atoms with Crippen molar-refractivity contribution in [3.05, 3.63) is 50.5 Å². The first-order chi connectivity index (χ1) is 11.4. The average molecular weight is 371 g/mol. The maximum Gasteiger partial charge on any atom is 0.373 e. The first kappa shape index (κ1) is 17.0. The second kappa shape index (κ2) is 5.92. The van der Waals surface area contributed by atoms with Crippen LogP contribution in [-0.4, -0.2) is 15.7 Å². The fourth-order valence-electron chi connectivity index (χ4n) is 3.82. The van der Waals surface area contributed by atoms with Gasteiger partial charge < -0.3 is 9.55 Å². The van der Waals surface area contributed by atoms with Crippen LogP contribution in [0.4, 0.5) is 8.78 Å². The molecule has 0 unspecified atom stereocenters. The Kier molecular flexibility index (Phi) is 4.20. The van der Waals surface area contributed by atoms with Crippen LogP contribution in [0.5, 0.6) is 0 Å². The normalized spacial score (nSPS) is 22.9. The number of benzene rings is 1. The predicted octanol–water partition coefficient (Wildman–Crippen LogP) is 3.90. The van der Waals surface area contributed by atoms with Crippen LogP contribution in [0.15, 0.2) is 12.1 Å². The number of hydrogen-bond acceptors (Lipinski definition) is 3. The van der Waals surface area contributed by atoms with Gasteiger partial charge in [0, 0.05) is 34.8 Å². The van der Waals surface area contributed by atoms with E-state index in [4.69, 9.17) is 33.4 Å². The summed E-state index contributed by atoms with van der Waals surface area (Å²) >= 11 is 11.2. The maximum atomic E-state index is 14.4. The Hall–Kier alpha value is -1.82. The molecule has 1 aliphatic carbocycles. The van der Waals surface area contributed by atoms with Gasteiger partial charge in [-0.2, -0.15) is 9.59 Å². The summed E-state index contributed by atoms with van der Waals surface area (Å²) in [6.07, 6.45) is 1.83. The Morgan fingerprint density at radius 1 is 1.46 bits per heavy atom. The lowest BCUT2D eigenvalue weighted by molar-refractivity contribution is -0.191. The van der Waals surface area contributed by atoms with E-state index in [1.807, 2.05) is 11.5 Å². The van der Waals surface area contributed by atoms with Gasteiger partial charge in [-0.1, -0.05) is 18.5 Å². The quantitative estimate of drug-likeness (QED) is 0.644. The molecule has 0 amide bonds. The lowest BCUT2D eigenvalue weighted by Gasteiger charge is -2.16. The fourth-order valence-corrected chi connectivity index (χ4v) is 4.26. The van der Waals surface area contributed by atoms with Crippen molar-refractivity contribution in [2.24, 2.45) is 0 Å². The maximum absolute atomic E-state index is 14.4. The Balaban J connectivity index is 0.000000526. The molecule has 2 aliphatic rings. The molecule has 8 heteroatoms. The number of hydrogen-bond donors (Lipinski definition) is 1. The molecule has 4 rings (SSSR count). The third-order valence-electron chi connectivity index (χ3n) is 4.84. The van der Waals surface area contributed by atoms with Crippen molar-refractivity contribution < 1.29 is 18.4 Å². The predicted molar refractivity (Wildman–Crippen MR) is 84.4 cm³/mol. The molecule has 0 saturated heterocycles. The zero-order chi connectivity index (χ0) is 17.6. The largest absolute Gasteiger partial charge is 0.373 e. The minimum atomic E-state index is -0.627. The van der Waals surface area contributed by atoms with Crippen molar-refractivity contribution in [3.8, 4) is 0 Å². The van der Waals surface area contributed by atoms with Crippen LogP contribution in [0.1, 0.15) is 36.2 Å². The standard InChI is InChI=1S/C15H13ClF2N2S.CO2/c1-2-10-13-7-5-15(7,6-20(13)14(21)19-10)11-9(17)4-3-8(16)12(11)18;2-1-3/h3-4,7H,2,5-6H2,1H3,(H,19,21);/t7-,15-;/m0./s1. The number of halogens is 3. The smallest absolute Gasteiger partial charge is 0.334 e. The van der Waals surface area contributed by atoms with Crippen LogP contribution < -0.4 is 0 Å². The number of H-pyrrole nitrogens is 1. The van der Waals surface area contributed by atoms with Crippen LogP contribution in [0.3, 0.4) is 0 Å². The molecule has 126 valence electrons. The van der Waals surface area contributed by atoms with Crippen LogP contribution in [0.25, 0.3) is 0 Å². The molecule has 2 atom stereocenters. The monoisotopic (exact) mass is 370 g/mol. The van der Waals surface area contributed by atoms with Crippen molar-refractivity contribution >= 4 is 30.0 Å². The van der Waals surface area contributed by atoms with E-state index in [9.17, 15) is 8.78 Å². The highest BCUT2D eigenvalue weighted by Crippen LogP contribution is 2.67. The van der Waals surface area contributed by atoms with Crippen molar-refractivity contribution in [3.63, 3.8) is 0 Å². The number of nitrogens with zero attached hydrogens (tertiary/aromatic N) is 1. The summed E-state index contributed by atoms with van der Waals surface area (Å²) in [4.78, 5) is 19.4. The van der Waals surface area contributed by atoms with E-state index < -0.39 is 17.0 Å². The van der Waals surface area contributed by atoms with E-state index in [0.717, 1.165) is 24.2 Å². The van der Waals surface area contributed by atoms with Gasteiger partial charge in [0.05, 0.1) is 5.02 Å². The van der Waals surface area contributed by atoms with Gasteiger partial charge in [0.1, 0.15) is 11.6 Å². The van der Waals surface area contributed by atoms with Crippen molar-refractivity contribution in [1.82, 2.24) is 9.55 Å². The summed E-state index contributed by atoms with van der Waals surface area (Å²) < 4.78 is 31.2. The summed E-state index contributed by atoms with van der Waals surface area (Å²) in [5, 5.41) is -0.0242. The molecule has 2 aromatic rings. The van der Waals surface area contributed by atoms with Crippen LogP contribution in [0.2, 0.25) is 5.02 Å². The summed E-state index contributed by atoms with van der Waals surface area (Å²) in [7, 11) is 0. The second-order valence-corrected chi connectivity index (χ2v) is 6.74. The van der Waals surface area contributed by atoms with Gasteiger partial charge in [-0.25, -0.2) is 8.78 Å². The molecule has 0 spiro atoms. The van der Waals surface area contributed by atoms with E-state index in [-0.39, 0.29) is 22.7 Å². The van der Waals surface area contributed by atoms with E-state index in [1.165, 1.54) is 12.1 Å². The van der Waals surface area contributed by atoms with E-state index in [1.54, 1.807) is 0 Å². The summed E-state index contributed by atoms with van der Waals surface area (Å²) in [5.74, 6) is -1.01. The minimum Gasteiger partial charge on any atom is -0.334 e. The van der Waals surface area contributed by atoms with Crippen molar-refractivity contribution in [2.75, 3.05) is 0 Å². The molecular formula is C16H13ClF2N2O2S. The van der Waals surface area contributed by atoms with Gasteiger partial charge in [-0.15, -0.1) is 0 Å². The molecular weight excluding hydrogens is 358 g/mol. The number of nitrogens with one attached hydrogen (secondary N) is 1. The molecule has 1 fully saturated rings. The molecule has 0 radical (unpaired) electrons. The first-order valence-corrected chi connectivity index (χ1v) is 8.14. The van der Waals surface area contributed by atoms with Gasteiger partial charge in [-0.3, -0.25) is 0 Å². The number of imidazole rings is 1. The molecule has 1 aromatic carbocycles. The Morgan fingerprint density at radius 2 is 2.12 bits per heavy atom. The third-order valence-corrected chi connectivity index (χ3v) is 5.46. The minimum absolute atomic E-state index is 0.0242. The summed E-state index contributed by atoms with van der Waals surface area (Å²) in [6.45, 7) is 2.57. The lowest BCUT2D eigenvalue weighted by atomic mass is 9.93. The van der Waals surface area contributed by atoms with Crippen molar-refractivity contribution in [1.29, 1.82) is 0 Å². The van der Waals surface area contributed by atoms with Gasteiger partial charge >= 0.3 is 6.15 Å². The van der Waals surface area contributed by atoms with Gasteiger partial charge in [-0.05, 0) is 37.2 Å². The molecule has 4 nitrogen and oxygen atoms in total. The van der Waals surface area contributed by atoms with E-state index >= 15 is 0 Å². The molecule has 2 heterocycles. The molecule has 1 N–H and O–H groups in total. The van der Waals surface area contributed by atoms with Crippen LogP contribution in [0, 0.1) is 16.4 Å².